The van der Waals surface area contributed by atoms with Gasteiger partial charge in [-0.25, -0.2) is 4.98 Å². The van der Waals surface area contributed by atoms with Gasteiger partial charge in [0, 0.05) is 18.5 Å². The molecule has 3 aromatic rings. The van der Waals surface area contributed by atoms with Crippen molar-refractivity contribution in [2.24, 2.45) is 5.73 Å². The average molecular weight is 353 g/mol. The van der Waals surface area contributed by atoms with Crippen molar-refractivity contribution in [2.75, 3.05) is 0 Å². The number of Topliss-reactive ketones (excluding diaryl/α,β-unsaturated/α-hetero) is 1. The summed E-state index contributed by atoms with van der Waals surface area (Å²) in [6, 6.07) is 10.2. The first-order valence-electron chi connectivity index (χ1n) is 8.67. The van der Waals surface area contributed by atoms with Gasteiger partial charge in [0.2, 0.25) is 0 Å². The Kier molecular flexibility index (Phi) is 5.30. The molecule has 0 aliphatic heterocycles. The maximum Gasteiger partial charge on any atom is 0.162 e. The number of aryl methyl sites for hydroxylation is 3. The van der Waals surface area contributed by atoms with Crippen LogP contribution in [0.4, 0.5) is 0 Å². The minimum absolute atomic E-state index is 0.201. The summed E-state index contributed by atoms with van der Waals surface area (Å²) in [4.78, 5) is 17.0. The molecule has 0 fully saturated rings. The van der Waals surface area contributed by atoms with Crippen molar-refractivity contribution in [1.29, 1.82) is 0 Å². The first-order chi connectivity index (χ1) is 12.0. The second-order valence-electron chi connectivity index (χ2n) is 6.65. The highest BCUT2D eigenvalue weighted by Gasteiger charge is 2.10. The second-order valence-corrected chi connectivity index (χ2v) is 7.76. The van der Waals surface area contributed by atoms with Gasteiger partial charge in [-0.1, -0.05) is 17.7 Å². The molecule has 0 spiro atoms. The van der Waals surface area contributed by atoms with E-state index >= 15 is 0 Å². The third kappa shape index (κ3) is 3.97. The van der Waals surface area contributed by atoms with Crippen molar-refractivity contribution in [3.63, 3.8) is 0 Å². The maximum absolute atomic E-state index is 12.5. The fourth-order valence-electron chi connectivity index (χ4n) is 3.41. The zero-order valence-electron chi connectivity index (χ0n) is 15.1. The smallest absolute Gasteiger partial charge is 0.162 e. The van der Waals surface area contributed by atoms with Crippen LogP contribution in [-0.4, -0.2) is 10.8 Å². The fraction of sp³-hybridized carbons (Fsp3) is 0.333. The predicted molar refractivity (Wildman–Crippen MR) is 105 cm³/mol. The van der Waals surface area contributed by atoms with E-state index in [0.29, 0.717) is 13.0 Å². The Hall–Kier alpha value is -2.04. The van der Waals surface area contributed by atoms with Gasteiger partial charge in [0.25, 0.3) is 0 Å². The molecule has 0 radical (unpaired) electrons. The van der Waals surface area contributed by atoms with Gasteiger partial charge in [-0.3, -0.25) is 4.79 Å². The second kappa shape index (κ2) is 7.46. The van der Waals surface area contributed by atoms with Gasteiger partial charge in [-0.05, 0) is 68.5 Å². The molecule has 1 heterocycles. The summed E-state index contributed by atoms with van der Waals surface area (Å²) in [5.41, 5.74) is 12.7. The van der Waals surface area contributed by atoms with Crippen LogP contribution in [0.15, 0.2) is 30.3 Å². The lowest BCUT2D eigenvalue weighted by molar-refractivity contribution is 0.0980. The predicted octanol–water partition coefficient (Wildman–Crippen LogP) is 4.89. The highest BCUT2D eigenvalue weighted by molar-refractivity contribution is 7.18. The topological polar surface area (TPSA) is 56.0 Å². The Morgan fingerprint density at radius 3 is 2.52 bits per heavy atom. The van der Waals surface area contributed by atoms with E-state index in [1.807, 2.05) is 18.2 Å². The number of fused-ring (bicyclic) bond motifs is 1. The van der Waals surface area contributed by atoms with Gasteiger partial charge < -0.3 is 5.73 Å². The molecule has 25 heavy (non-hydrogen) atoms. The first kappa shape index (κ1) is 17.8. The molecule has 3 nitrogen and oxygen atoms in total. The third-order valence-electron chi connectivity index (χ3n) is 4.60. The Balaban J connectivity index is 1.67. The quantitative estimate of drug-likeness (QED) is 0.643. The number of nitrogens with two attached hydrogens (primary N) is 1. The molecule has 4 heteroatoms. The normalized spacial score (nSPS) is 11.2. The van der Waals surface area contributed by atoms with Crippen LogP contribution < -0.4 is 5.73 Å². The van der Waals surface area contributed by atoms with Gasteiger partial charge in [-0.15, -0.1) is 11.3 Å². The molecule has 3 rings (SSSR count). The summed E-state index contributed by atoms with van der Waals surface area (Å²) in [5.74, 6) is 0.201. The number of carbonyl (C=O) groups excluding carboxylic acids is 1. The summed E-state index contributed by atoms with van der Waals surface area (Å²) in [5, 5.41) is 0.907. The van der Waals surface area contributed by atoms with Crippen molar-refractivity contribution in [3.8, 4) is 0 Å². The zero-order chi connectivity index (χ0) is 18.0. The van der Waals surface area contributed by atoms with Crippen molar-refractivity contribution in [1.82, 2.24) is 4.98 Å². The standard InChI is InChI=1S/C21H24N2OS/c1-13-9-14(2)17(15(3)10-13)5-4-6-19(24)16-7-8-18-20(11-16)25-21(12-22)23-18/h7-11H,4-6,12,22H2,1-3H3. The van der Waals surface area contributed by atoms with Gasteiger partial charge in [0.1, 0.15) is 5.01 Å². The Labute approximate surface area is 152 Å². The van der Waals surface area contributed by atoms with Crippen LogP contribution in [0.3, 0.4) is 0 Å². The number of thiazole rings is 1. The van der Waals surface area contributed by atoms with E-state index in [1.165, 1.54) is 22.3 Å². The van der Waals surface area contributed by atoms with Crippen LogP contribution in [0.25, 0.3) is 10.2 Å². The molecule has 2 N–H and O–H groups in total. The molecule has 0 saturated carbocycles. The van der Waals surface area contributed by atoms with Crippen molar-refractivity contribution < 1.29 is 4.79 Å². The van der Waals surface area contributed by atoms with Crippen molar-refractivity contribution in [3.05, 3.63) is 63.2 Å². The molecule has 2 aromatic carbocycles. The lowest BCUT2D eigenvalue weighted by Crippen LogP contribution is -2.01. The molecule has 0 atom stereocenters. The lowest BCUT2D eigenvalue weighted by Gasteiger charge is -2.11. The third-order valence-corrected chi connectivity index (χ3v) is 5.64. The molecule has 0 bridgehead atoms. The van der Waals surface area contributed by atoms with Gasteiger partial charge in [0.15, 0.2) is 5.78 Å². The number of hydrogen-bond donors (Lipinski definition) is 1. The van der Waals surface area contributed by atoms with Gasteiger partial charge >= 0.3 is 0 Å². The number of rotatable bonds is 6. The van der Waals surface area contributed by atoms with Crippen LogP contribution >= 0.6 is 11.3 Å². The van der Waals surface area contributed by atoms with Crippen LogP contribution in [0.5, 0.6) is 0 Å². The molecular weight excluding hydrogens is 328 g/mol. The number of benzene rings is 2. The summed E-state index contributed by atoms with van der Waals surface area (Å²) in [6.07, 6.45) is 2.39. The minimum Gasteiger partial charge on any atom is -0.325 e. The summed E-state index contributed by atoms with van der Waals surface area (Å²) in [6.45, 7) is 6.88. The SMILES string of the molecule is Cc1cc(C)c(CCCC(=O)c2ccc3nc(CN)sc3c2)c(C)c1. The highest BCUT2D eigenvalue weighted by Crippen LogP contribution is 2.24. The van der Waals surface area contributed by atoms with E-state index in [4.69, 9.17) is 5.73 Å². The molecule has 0 aliphatic carbocycles. The Morgan fingerprint density at radius 1 is 1.12 bits per heavy atom. The van der Waals surface area contributed by atoms with E-state index in [0.717, 1.165) is 33.6 Å². The van der Waals surface area contributed by atoms with E-state index in [1.54, 1.807) is 11.3 Å². The summed E-state index contributed by atoms with van der Waals surface area (Å²) in [7, 11) is 0. The van der Waals surface area contributed by atoms with E-state index in [9.17, 15) is 4.79 Å². The summed E-state index contributed by atoms with van der Waals surface area (Å²) < 4.78 is 1.04. The van der Waals surface area contributed by atoms with Gasteiger partial charge in [0.05, 0.1) is 10.2 Å². The number of aromatic nitrogens is 1. The Morgan fingerprint density at radius 2 is 1.84 bits per heavy atom. The molecule has 0 unspecified atom stereocenters. The molecule has 130 valence electrons. The van der Waals surface area contributed by atoms with E-state index < -0.39 is 0 Å². The van der Waals surface area contributed by atoms with E-state index in [-0.39, 0.29) is 5.78 Å². The number of nitrogens with zero attached hydrogens (tertiary/aromatic N) is 1. The number of carbonyl (C=O) groups is 1. The monoisotopic (exact) mass is 352 g/mol. The first-order valence-corrected chi connectivity index (χ1v) is 9.49. The Bertz CT molecular complexity index is 904. The number of ketones is 1. The zero-order valence-corrected chi connectivity index (χ0v) is 15.9. The van der Waals surface area contributed by atoms with Crippen molar-refractivity contribution in [2.45, 2.75) is 46.6 Å². The van der Waals surface area contributed by atoms with Crippen LogP contribution in [0.2, 0.25) is 0 Å². The molecule has 0 amide bonds. The minimum atomic E-state index is 0.201. The van der Waals surface area contributed by atoms with Crippen LogP contribution in [0, 0.1) is 20.8 Å². The maximum atomic E-state index is 12.5. The van der Waals surface area contributed by atoms with Crippen LogP contribution in [0.1, 0.15) is 50.5 Å². The lowest BCUT2D eigenvalue weighted by atomic mass is 9.94. The molecule has 0 saturated heterocycles. The van der Waals surface area contributed by atoms with Crippen LogP contribution in [-0.2, 0) is 13.0 Å². The fourth-order valence-corrected chi connectivity index (χ4v) is 4.29. The average Bonchev–Trinajstić information content (AvgIpc) is 2.99. The highest BCUT2D eigenvalue weighted by atomic mass is 32.1. The molecular formula is C21H24N2OS. The summed E-state index contributed by atoms with van der Waals surface area (Å²) >= 11 is 1.57. The van der Waals surface area contributed by atoms with E-state index in [2.05, 4.69) is 37.9 Å². The largest absolute Gasteiger partial charge is 0.325 e. The molecule has 1 aromatic heterocycles. The van der Waals surface area contributed by atoms with Crippen molar-refractivity contribution >= 4 is 27.3 Å². The van der Waals surface area contributed by atoms with Gasteiger partial charge in [-0.2, -0.15) is 0 Å². The number of hydrogen-bond acceptors (Lipinski definition) is 4. The molecule has 0 aliphatic rings.